The van der Waals surface area contributed by atoms with Crippen LogP contribution in [0.15, 0.2) is 24.4 Å². The zero-order valence-corrected chi connectivity index (χ0v) is 7.79. The van der Waals surface area contributed by atoms with Gasteiger partial charge in [0.15, 0.2) is 0 Å². The number of rotatable bonds is 0. The van der Waals surface area contributed by atoms with E-state index in [-0.39, 0.29) is 11.9 Å². The number of nitrogens with one attached hydrogen (secondary N) is 2. The van der Waals surface area contributed by atoms with Crippen LogP contribution in [0.25, 0.3) is 5.57 Å². The number of anilines is 1. The van der Waals surface area contributed by atoms with Crippen molar-refractivity contribution in [2.24, 2.45) is 0 Å². The maximum Gasteiger partial charge on any atom is 0.251 e. The Hall–Kier alpha value is -1.77. The zero-order chi connectivity index (χ0) is 9.71. The smallest absolute Gasteiger partial charge is 0.251 e. The lowest BCUT2D eigenvalue weighted by Gasteiger charge is -2.34. The van der Waals surface area contributed by atoms with Gasteiger partial charge in [-0.1, -0.05) is 11.6 Å². The summed E-state index contributed by atoms with van der Waals surface area (Å²) >= 11 is 0. The number of hydrogen-bond donors (Lipinski definition) is 2. The fourth-order valence-electron chi connectivity index (χ4n) is 1.91. The third-order valence-electron chi connectivity index (χ3n) is 2.72. The Morgan fingerprint density at radius 3 is 2.93 bits per heavy atom. The highest BCUT2D eigenvalue weighted by Crippen LogP contribution is 2.35. The molecule has 0 radical (unpaired) electrons. The van der Waals surface area contributed by atoms with Crippen molar-refractivity contribution in [3.63, 3.8) is 0 Å². The Balaban J connectivity index is 2.21. The molecule has 1 amide bonds. The molecular formula is C11H10N2O. The normalized spacial score (nSPS) is 22.2. The number of fused-ring (bicyclic) bond motifs is 3. The first-order valence-electron chi connectivity index (χ1n) is 4.64. The molecule has 0 bridgehead atoms. The molecule has 1 aromatic carbocycles. The van der Waals surface area contributed by atoms with Crippen molar-refractivity contribution in [3.8, 4) is 0 Å². The molecule has 2 aliphatic heterocycles. The summed E-state index contributed by atoms with van der Waals surface area (Å²) < 4.78 is 0. The minimum Gasteiger partial charge on any atom is -0.376 e. The van der Waals surface area contributed by atoms with E-state index in [1.54, 1.807) is 0 Å². The number of hydrogen-bond acceptors (Lipinski definition) is 2. The van der Waals surface area contributed by atoms with E-state index < -0.39 is 0 Å². The molecule has 3 nitrogen and oxygen atoms in total. The van der Waals surface area contributed by atoms with E-state index >= 15 is 0 Å². The number of carbonyl (C=O) groups excluding carboxylic acids is 1. The van der Waals surface area contributed by atoms with Gasteiger partial charge in [0.2, 0.25) is 0 Å². The quantitative estimate of drug-likeness (QED) is 0.640. The molecular weight excluding hydrogens is 176 g/mol. The van der Waals surface area contributed by atoms with Crippen LogP contribution in [0.5, 0.6) is 0 Å². The predicted molar refractivity (Wildman–Crippen MR) is 54.7 cm³/mol. The van der Waals surface area contributed by atoms with Crippen molar-refractivity contribution < 1.29 is 4.79 Å². The first kappa shape index (κ1) is 7.62. The lowest BCUT2D eigenvalue weighted by atomic mass is 9.88. The van der Waals surface area contributed by atoms with E-state index in [4.69, 9.17) is 0 Å². The Morgan fingerprint density at radius 1 is 1.36 bits per heavy atom. The number of carbonyl (C=O) groups is 1. The summed E-state index contributed by atoms with van der Waals surface area (Å²) in [6.07, 6.45) is 1.90. The fraction of sp³-hybridized carbons (Fsp3) is 0.182. The van der Waals surface area contributed by atoms with Crippen LogP contribution in [0, 0.1) is 6.92 Å². The molecule has 1 unspecified atom stereocenters. The second kappa shape index (κ2) is 2.38. The lowest BCUT2D eigenvalue weighted by molar-refractivity contribution is -0.117. The van der Waals surface area contributed by atoms with Gasteiger partial charge in [0, 0.05) is 23.0 Å². The maximum atomic E-state index is 11.5. The summed E-state index contributed by atoms with van der Waals surface area (Å²) in [5.74, 6) is 0.0406. The fourth-order valence-corrected chi connectivity index (χ4v) is 1.91. The van der Waals surface area contributed by atoms with E-state index in [9.17, 15) is 4.79 Å². The second-order valence-electron chi connectivity index (χ2n) is 3.74. The molecule has 2 N–H and O–H groups in total. The summed E-state index contributed by atoms with van der Waals surface area (Å²) in [5.41, 5.74) is 4.39. The van der Waals surface area contributed by atoms with E-state index in [2.05, 4.69) is 23.6 Å². The topological polar surface area (TPSA) is 41.1 Å². The minimum atomic E-state index is -0.135. The van der Waals surface area contributed by atoms with Crippen LogP contribution in [-0.4, -0.2) is 11.9 Å². The highest BCUT2D eigenvalue weighted by Gasteiger charge is 2.34. The van der Waals surface area contributed by atoms with Gasteiger partial charge in [-0.2, -0.15) is 0 Å². The number of benzene rings is 1. The molecule has 1 aromatic rings. The van der Waals surface area contributed by atoms with Crippen LogP contribution in [0.3, 0.4) is 0 Å². The van der Waals surface area contributed by atoms with Gasteiger partial charge in [0.05, 0.1) is 0 Å². The molecule has 14 heavy (non-hydrogen) atoms. The van der Waals surface area contributed by atoms with Gasteiger partial charge in [-0.25, -0.2) is 0 Å². The van der Waals surface area contributed by atoms with Crippen LogP contribution < -0.4 is 10.6 Å². The second-order valence-corrected chi connectivity index (χ2v) is 3.74. The molecule has 2 heterocycles. The van der Waals surface area contributed by atoms with E-state index in [0.717, 1.165) is 16.8 Å². The van der Waals surface area contributed by atoms with Crippen molar-refractivity contribution in [1.82, 2.24) is 5.32 Å². The monoisotopic (exact) mass is 186 g/mol. The van der Waals surface area contributed by atoms with Gasteiger partial charge >= 0.3 is 0 Å². The SMILES string of the molecule is Cc1ccc2c(c1)C1=CNC1C(=O)N2. The van der Waals surface area contributed by atoms with Crippen molar-refractivity contribution >= 4 is 17.2 Å². The van der Waals surface area contributed by atoms with Crippen LogP contribution in [0.2, 0.25) is 0 Å². The van der Waals surface area contributed by atoms with Crippen LogP contribution in [0.4, 0.5) is 5.69 Å². The van der Waals surface area contributed by atoms with E-state index in [1.807, 2.05) is 18.3 Å². The Bertz CT molecular complexity index is 462. The van der Waals surface area contributed by atoms with Crippen LogP contribution in [0.1, 0.15) is 11.1 Å². The Labute approximate surface area is 81.8 Å². The van der Waals surface area contributed by atoms with Gasteiger partial charge < -0.3 is 10.6 Å². The summed E-state index contributed by atoms with van der Waals surface area (Å²) in [6.45, 7) is 2.05. The zero-order valence-electron chi connectivity index (χ0n) is 7.79. The van der Waals surface area contributed by atoms with E-state index in [1.165, 1.54) is 5.56 Å². The van der Waals surface area contributed by atoms with Gasteiger partial charge in [-0.15, -0.1) is 0 Å². The summed E-state index contributed by atoms with van der Waals surface area (Å²) in [7, 11) is 0. The summed E-state index contributed by atoms with van der Waals surface area (Å²) in [4.78, 5) is 11.5. The molecule has 0 saturated heterocycles. The van der Waals surface area contributed by atoms with Crippen molar-refractivity contribution in [3.05, 3.63) is 35.5 Å². The molecule has 0 spiro atoms. The first-order chi connectivity index (χ1) is 6.75. The largest absolute Gasteiger partial charge is 0.376 e. The van der Waals surface area contributed by atoms with Crippen molar-refractivity contribution in [2.75, 3.05) is 5.32 Å². The van der Waals surface area contributed by atoms with E-state index in [0.29, 0.717) is 0 Å². The van der Waals surface area contributed by atoms with Gasteiger partial charge in [-0.3, -0.25) is 4.79 Å². The molecule has 0 aromatic heterocycles. The summed E-state index contributed by atoms with van der Waals surface area (Å²) in [5, 5.41) is 5.86. The highest BCUT2D eigenvalue weighted by molar-refractivity contribution is 6.12. The Morgan fingerprint density at radius 2 is 2.21 bits per heavy atom. The lowest BCUT2D eigenvalue weighted by Crippen LogP contribution is -2.48. The molecule has 0 saturated carbocycles. The predicted octanol–water partition coefficient (Wildman–Crippen LogP) is 1.26. The van der Waals surface area contributed by atoms with Crippen molar-refractivity contribution in [1.29, 1.82) is 0 Å². The van der Waals surface area contributed by atoms with Crippen molar-refractivity contribution in [2.45, 2.75) is 13.0 Å². The molecule has 1 atom stereocenters. The third-order valence-corrected chi connectivity index (χ3v) is 2.72. The van der Waals surface area contributed by atoms with Crippen LogP contribution in [-0.2, 0) is 4.79 Å². The summed E-state index contributed by atoms with van der Waals surface area (Å²) in [6, 6.07) is 5.93. The first-order valence-corrected chi connectivity index (χ1v) is 4.64. The average Bonchev–Trinajstić information content (AvgIpc) is 2.06. The molecule has 2 aliphatic rings. The molecule has 3 heteroatoms. The van der Waals surface area contributed by atoms with Gasteiger partial charge in [0.25, 0.3) is 5.91 Å². The number of amides is 1. The minimum absolute atomic E-state index is 0.0406. The molecule has 3 rings (SSSR count). The van der Waals surface area contributed by atoms with Gasteiger partial charge in [0.1, 0.15) is 6.04 Å². The third kappa shape index (κ3) is 0.839. The Kier molecular flexibility index (Phi) is 1.29. The standard InChI is InChI=1S/C11H10N2O/c1-6-2-3-9-7(4-6)8-5-12-10(8)11(14)13-9/h2-5,10,12H,1H3,(H,13,14). The number of aryl methyl sites for hydroxylation is 1. The molecule has 0 fully saturated rings. The highest BCUT2D eigenvalue weighted by atomic mass is 16.2. The molecule has 0 aliphatic carbocycles. The van der Waals surface area contributed by atoms with Gasteiger partial charge in [-0.05, 0) is 19.1 Å². The van der Waals surface area contributed by atoms with Crippen LogP contribution >= 0.6 is 0 Å². The maximum absolute atomic E-state index is 11.5. The average molecular weight is 186 g/mol. The molecule has 70 valence electrons.